The van der Waals surface area contributed by atoms with Crippen LogP contribution in [0.15, 0.2) is 35.3 Å². The minimum atomic E-state index is 0.0504. The Balaban J connectivity index is 2.49. The molecule has 0 bridgehead atoms. The molecule has 70 valence electrons. The third kappa shape index (κ3) is 4.46. The van der Waals surface area contributed by atoms with Crippen LogP contribution < -0.4 is 0 Å². The van der Waals surface area contributed by atoms with Gasteiger partial charge in [0.25, 0.3) is 0 Å². The molecule has 1 nitrogen and oxygen atoms in total. The van der Waals surface area contributed by atoms with E-state index in [1.54, 1.807) is 0 Å². The second-order valence-corrected chi connectivity index (χ2v) is 4.17. The average Bonchev–Trinajstić information content (AvgIpc) is 2.04. The van der Waals surface area contributed by atoms with Crippen molar-refractivity contribution in [3.63, 3.8) is 0 Å². The van der Waals surface area contributed by atoms with Gasteiger partial charge >= 0.3 is 0 Å². The highest BCUT2D eigenvalue weighted by Crippen LogP contribution is 2.05. The van der Waals surface area contributed by atoms with E-state index in [1.807, 2.05) is 12.3 Å². The molecule has 0 aliphatic carbocycles. The number of rotatable bonds is 2. The van der Waals surface area contributed by atoms with Gasteiger partial charge in [-0.1, -0.05) is 30.3 Å². The lowest BCUT2D eigenvalue weighted by Gasteiger charge is -2.10. The molecule has 0 amide bonds. The zero-order valence-corrected chi connectivity index (χ0v) is 8.62. The van der Waals surface area contributed by atoms with Gasteiger partial charge in [0, 0.05) is 12.6 Å². The minimum Gasteiger partial charge on any atom is -0.291 e. The van der Waals surface area contributed by atoms with E-state index in [0.29, 0.717) is 0 Å². The normalized spacial score (nSPS) is 12.2. The molecule has 0 N–H and O–H groups in total. The van der Waals surface area contributed by atoms with Crippen LogP contribution >= 0.6 is 0 Å². The van der Waals surface area contributed by atoms with E-state index in [1.165, 1.54) is 5.56 Å². The van der Waals surface area contributed by atoms with Crippen molar-refractivity contribution >= 4 is 6.21 Å². The van der Waals surface area contributed by atoms with Crippen LogP contribution in [0.4, 0.5) is 0 Å². The highest BCUT2D eigenvalue weighted by molar-refractivity contribution is 5.61. The number of benzene rings is 1. The lowest BCUT2D eigenvalue weighted by atomic mass is 10.1. The van der Waals surface area contributed by atoms with Gasteiger partial charge in [-0.2, -0.15) is 0 Å². The van der Waals surface area contributed by atoms with Gasteiger partial charge in [-0.25, -0.2) is 0 Å². The van der Waals surface area contributed by atoms with E-state index in [2.05, 4.69) is 50.0 Å². The first-order chi connectivity index (χ1) is 6.08. The zero-order chi connectivity index (χ0) is 9.73. The molecule has 1 aromatic rings. The van der Waals surface area contributed by atoms with Crippen molar-refractivity contribution in [3.8, 4) is 0 Å². The Morgan fingerprint density at radius 2 is 1.77 bits per heavy atom. The first-order valence-electron chi connectivity index (χ1n) is 4.65. The number of hydrogen-bond acceptors (Lipinski definition) is 1. The van der Waals surface area contributed by atoms with E-state index in [0.717, 1.165) is 6.42 Å². The molecule has 0 unspecified atom stereocenters. The Morgan fingerprint density at radius 1 is 1.15 bits per heavy atom. The van der Waals surface area contributed by atoms with Crippen LogP contribution in [-0.4, -0.2) is 11.8 Å². The summed E-state index contributed by atoms with van der Waals surface area (Å²) in [6, 6.07) is 10.4. The highest BCUT2D eigenvalue weighted by Gasteiger charge is 2.03. The SMILES string of the molecule is CC(C)(C)/N=C/Cc1ccccc1. The van der Waals surface area contributed by atoms with E-state index in [4.69, 9.17) is 0 Å². The molecule has 0 fully saturated rings. The fourth-order valence-electron chi connectivity index (χ4n) is 1.04. The Labute approximate surface area is 80.5 Å². The van der Waals surface area contributed by atoms with Gasteiger partial charge < -0.3 is 0 Å². The summed E-state index contributed by atoms with van der Waals surface area (Å²) < 4.78 is 0. The van der Waals surface area contributed by atoms with Crippen LogP contribution in [0.25, 0.3) is 0 Å². The lowest BCUT2D eigenvalue weighted by Crippen LogP contribution is -2.09. The second kappa shape index (κ2) is 4.22. The third-order valence-electron chi connectivity index (χ3n) is 1.65. The fourth-order valence-corrected chi connectivity index (χ4v) is 1.04. The molecule has 0 atom stereocenters. The summed E-state index contributed by atoms with van der Waals surface area (Å²) in [7, 11) is 0. The summed E-state index contributed by atoms with van der Waals surface area (Å²) in [4.78, 5) is 4.43. The average molecular weight is 175 g/mol. The molecule has 0 saturated heterocycles. The molecule has 0 aromatic heterocycles. The predicted octanol–water partition coefficient (Wildman–Crippen LogP) is 3.10. The largest absolute Gasteiger partial charge is 0.291 e. The van der Waals surface area contributed by atoms with Crippen molar-refractivity contribution in [2.24, 2.45) is 4.99 Å². The molecule has 0 spiro atoms. The smallest absolute Gasteiger partial charge is 0.0520 e. The van der Waals surface area contributed by atoms with E-state index >= 15 is 0 Å². The first-order valence-corrected chi connectivity index (χ1v) is 4.65. The lowest BCUT2D eigenvalue weighted by molar-refractivity contribution is 0.585. The van der Waals surface area contributed by atoms with Crippen molar-refractivity contribution in [2.75, 3.05) is 0 Å². The van der Waals surface area contributed by atoms with Crippen LogP contribution in [0.3, 0.4) is 0 Å². The zero-order valence-electron chi connectivity index (χ0n) is 8.62. The number of aliphatic imine (C=N–C) groups is 1. The van der Waals surface area contributed by atoms with E-state index in [9.17, 15) is 0 Å². The van der Waals surface area contributed by atoms with Crippen LogP contribution in [0.2, 0.25) is 0 Å². The number of hydrogen-bond donors (Lipinski definition) is 0. The van der Waals surface area contributed by atoms with E-state index in [-0.39, 0.29) is 5.54 Å². The summed E-state index contributed by atoms with van der Waals surface area (Å²) in [5.41, 5.74) is 1.37. The van der Waals surface area contributed by atoms with Crippen LogP contribution in [-0.2, 0) is 6.42 Å². The molecule has 1 aromatic carbocycles. The molecular formula is C12H17N. The van der Waals surface area contributed by atoms with Crippen molar-refractivity contribution in [1.82, 2.24) is 0 Å². The molecule has 0 aliphatic rings. The van der Waals surface area contributed by atoms with Gasteiger partial charge in [0.15, 0.2) is 0 Å². The molecule has 1 heteroatoms. The molecule has 0 saturated carbocycles. The summed E-state index contributed by atoms with van der Waals surface area (Å²) in [6.45, 7) is 6.32. The summed E-state index contributed by atoms with van der Waals surface area (Å²) in [5.74, 6) is 0. The standard InChI is InChI=1S/C12H17N/c1-12(2,3)13-10-9-11-7-5-4-6-8-11/h4-8,10H,9H2,1-3H3/b13-10+. The van der Waals surface area contributed by atoms with Crippen molar-refractivity contribution in [1.29, 1.82) is 0 Å². The Kier molecular flexibility index (Phi) is 3.24. The van der Waals surface area contributed by atoms with Crippen molar-refractivity contribution < 1.29 is 0 Å². The Morgan fingerprint density at radius 3 is 2.31 bits per heavy atom. The molecule has 1 rings (SSSR count). The predicted molar refractivity (Wildman–Crippen MR) is 58.4 cm³/mol. The monoisotopic (exact) mass is 175 g/mol. The molecule has 13 heavy (non-hydrogen) atoms. The minimum absolute atomic E-state index is 0.0504. The van der Waals surface area contributed by atoms with Gasteiger partial charge in [0.05, 0.1) is 5.54 Å². The topological polar surface area (TPSA) is 12.4 Å². The molecule has 0 aliphatic heterocycles. The summed E-state index contributed by atoms with van der Waals surface area (Å²) >= 11 is 0. The van der Waals surface area contributed by atoms with Crippen LogP contribution in [0, 0.1) is 0 Å². The molecular weight excluding hydrogens is 158 g/mol. The first kappa shape index (κ1) is 9.97. The highest BCUT2D eigenvalue weighted by atomic mass is 14.8. The van der Waals surface area contributed by atoms with E-state index < -0.39 is 0 Å². The third-order valence-corrected chi connectivity index (χ3v) is 1.65. The fraction of sp³-hybridized carbons (Fsp3) is 0.417. The van der Waals surface area contributed by atoms with Gasteiger partial charge in [-0.15, -0.1) is 0 Å². The molecule has 0 heterocycles. The number of nitrogens with zero attached hydrogens (tertiary/aromatic N) is 1. The maximum absolute atomic E-state index is 4.43. The van der Waals surface area contributed by atoms with Gasteiger partial charge in [-0.3, -0.25) is 4.99 Å². The Hall–Kier alpha value is -1.11. The van der Waals surface area contributed by atoms with Crippen molar-refractivity contribution in [2.45, 2.75) is 32.7 Å². The van der Waals surface area contributed by atoms with Gasteiger partial charge in [0.1, 0.15) is 0 Å². The van der Waals surface area contributed by atoms with Crippen LogP contribution in [0.1, 0.15) is 26.3 Å². The maximum atomic E-state index is 4.43. The maximum Gasteiger partial charge on any atom is 0.0520 e. The van der Waals surface area contributed by atoms with Gasteiger partial charge in [0.2, 0.25) is 0 Å². The van der Waals surface area contributed by atoms with Gasteiger partial charge in [-0.05, 0) is 26.3 Å². The molecule has 0 radical (unpaired) electrons. The Bertz CT molecular complexity index is 267. The van der Waals surface area contributed by atoms with Crippen molar-refractivity contribution in [3.05, 3.63) is 35.9 Å². The van der Waals surface area contributed by atoms with Crippen LogP contribution in [0.5, 0.6) is 0 Å². The second-order valence-electron chi connectivity index (χ2n) is 4.17. The quantitative estimate of drug-likeness (QED) is 0.612. The summed E-state index contributed by atoms with van der Waals surface area (Å²) in [6.07, 6.45) is 2.92. The summed E-state index contributed by atoms with van der Waals surface area (Å²) in [5, 5.41) is 0.